The van der Waals surface area contributed by atoms with E-state index in [1.807, 2.05) is 24.3 Å². The Morgan fingerprint density at radius 2 is 2.26 bits per heavy atom. The highest BCUT2D eigenvalue weighted by molar-refractivity contribution is 6.31. The van der Waals surface area contributed by atoms with Crippen molar-refractivity contribution < 1.29 is 0 Å². The molecule has 0 radical (unpaired) electrons. The van der Waals surface area contributed by atoms with E-state index in [0.717, 1.165) is 17.8 Å². The topological polar surface area (TPSA) is 53.6 Å². The Hall–Kier alpha value is -1.83. The third-order valence-corrected chi connectivity index (χ3v) is 3.11. The summed E-state index contributed by atoms with van der Waals surface area (Å²) in [4.78, 5) is 3.97. The molecule has 0 saturated carbocycles. The van der Waals surface area contributed by atoms with Crippen molar-refractivity contribution in [2.24, 2.45) is 0 Å². The molecule has 0 bridgehead atoms. The number of rotatable bonds is 4. The van der Waals surface area contributed by atoms with Crippen LogP contribution in [-0.2, 0) is 6.54 Å². The number of imidazole rings is 1. The molecule has 98 valence electrons. The number of benzene rings is 1. The fourth-order valence-electron chi connectivity index (χ4n) is 1.74. The Bertz CT molecular complexity index is 610. The van der Waals surface area contributed by atoms with Gasteiger partial charge in [0.25, 0.3) is 0 Å². The molecule has 4 nitrogen and oxygen atoms in total. The Balaban J connectivity index is 2.27. The van der Waals surface area contributed by atoms with Gasteiger partial charge in [-0.25, -0.2) is 4.98 Å². The van der Waals surface area contributed by atoms with Crippen LogP contribution in [0.1, 0.15) is 25.2 Å². The van der Waals surface area contributed by atoms with E-state index in [2.05, 4.69) is 24.1 Å². The molecule has 0 amide bonds. The number of hydrogen-bond acceptors (Lipinski definition) is 3. The fourth-order valence-corrected chi connectivity index (χ4v) is 1.98. The fraction of sp³-hybridized carbons (Fsp3) is 0.286. The smallest absolute Gasteiger partial charge is 0.217 e. The maximum Gasteiger partial charge on any atom is 0.217 e. The number of halogens is 1. The predicted molar refractivity (Wildman–Crippen MR) is 75.3 cm³/mol. The van der Waals surface area contributed by atoms with Crippen LogP contribution >= 0.6 is 11.6 Å². The van der Waals surface area contributed by atoms with Gasteiger partial charge in [-0.2, -0.15) is 5.26 Å². The number of nitriles is 1. The van der Waals surface area contributed by atoms with Crippen molar-refractivity contribution in [1.82, 2.24) is 14.9 Å². The van der Waals surface area contributed by atoms with Crippen LogP contribution in [0.2, 0.25) is 5.02 Å². The summed E-state index contributed by atoms with van der Waals surface area (Å²) in [5.41, 5.74) is 1.88. The molecule has 0 unspecified atom stereocenters. The lowest BCUT2D eigenvalue weighted by molar-refractivity contribution is 0.589. The van der Waals surface area contributed by atoms with E-state index >= 15 is 0 Å². The van der Waals surface area contributed by atoms with Crippen LogP contribution in [0.25, 0.3) is 5.69 Å². The van der Waals surface area contributed by atoms with Gasteiger partial charge in [0.1, 0.15) is 6.07 Å². The van der Waals surface area contributed by atoms with Crippen LogP contribution in [0, 0.1) is 11.3 Å². The van der Waals surface area contributed by atoms with Crippen molar-refractivity contribution in [3.63, 3.8) is 0 Å². The average molecular weight is 275 g/mol. The lowest BCUT2D eigenvalue weighted by Crippen LogP contribution is -2.22. The van der Waals surface area contributed by atoms with Crippen molar-refractivity contribution in [2.45, 2.75) is 26.4 Å². The first-order valence-electron chi connectivity index (χ1n) is 6.07. The first-order valence-corrected chi connectivity index (χ1v) is 6.45. The van der Waals surface area contributed by atoms with Crippen LogP contribution in [0.3, 0.4) is 0 Å². The van der Waals surface area contributed by atoms with E-state index in [0.29, 0.717) is 16.9 Å². The Labute approximate surface area is 117 Å². The van der Waals surface area contributed by atoms with Gasteiger partial charge in [0.15, 0.2) is 0 Å². The molecule has 0 aliphatic carbocycles. The molecule has 19 heavy (non-hydrogen) atoms. The number of nitrogens with one attached hydrogen (secondary N) is 1. The molecule has 0 spiro atoms. The number of nitrogens with zero attached hydrogens (tertiary/aromatic N) is 3. The van der Waals surface area contributed by atoms with Gasteiger partial charge in [0.05, 0.1) is 0 Å². The number of aromatic nitrogens is 2. The molecule has 2 aromatic rings. The van der Waals surface area contributed by atoms with Crippen LogP contribution in [0.15, 0.2) is 30.6 Å². The average Bonchev–Trinajstić information content (AvgIpc) is 2.85. The van der Waals surface area contributed by atoms with Gasteiger partial charge < -0.3 is 5.32 Å². The maximum absolute atomic E-state index is 8.96. The Morgan fingerprint density at radius 1 is 1.47 bits per heavy atom. The van der Waals surface area contributed by atoms with Gasteiger partial charge >= 0.3 is 0 Å². The van der Waals surface area contributed by atoms with Gasteiger partial charge in [0, 0.05) is 35.7 Å². The normalized spacial score (nSPS) is 10.7. The second-order valence-corrected chi connectivity index (χ2v) is 4.95. The predicted octanol–water partition coefficient (Wildman–Crippen LogP) is 2.90. The third-order valence-electron chi connectivity index (χ3n) is 2.76. The van der Waals surface area contributed by atoms with Gasteiger partial charge in [-0.05, 0) is 17.7 Å². The molecular weight excluding hydrogens is 260 g/mol. The molecule has 0 aliphatic heterocycles. The lowest BCUT2D eigenvalue weighted by Gasteiger charge is -2.11. The Kier molecular flexibility index (Phi) is 4.20. The van der Waals surface area contributed by atoms with E-state index in [1.165, 1.54) is 0 Å². The summed E-state index contributed by atoms with van der Waals surface area (Å²) in [6, 6.07) is 8.21. The minimum Gasteiger partial charge on any atom is -0.310 e. The standard InChI is InChI=1S/C14H15ClN4/c1-10(2)18-9-11-3-4-12(7-13(11)15)19-6-5-17-14(19)8-16/h3-7,10,18H,9H2,1-2H3. The second kappa shape index (κ2) is 5.87. The molecule has 5 heteroatoms. The monoisotopic (exact) mass is 274 g/mol. The van der Waals surface area contributed by atoms with Gasteiger partial charge in [-0.15, -0.1) is 0 Å². The Morgan fingerprint density at radius 3 is 2.89 bits per heavy atom. The zero-order valence-corrected chi connectivity index (χ0v) is 11.6. The molecular formula is C14H15ClN4. The van der Waals surface area contributed by atoms with Crippen LogP contribution < -0.4 is 5.32 Å². The molecule has 1 aromatic heterocycles. The van der Waals surface area contributed by atoms with Crippen LogP contribution in [0.4, 0.5) is 0 Å². The van der Waals surface area contributed by atoms with Crippen molar-refractivity contribution >= 4 is 11.6 Å². The van der Waals surface area contributed by atoms with Crippen LogP contribution in [0.5, 0.6) is 0 Å². The summed E-state index contributed by atoms with van der Waals surface area (Å²) in [5, 5.41) is 13.0. The lowest BCUT2D eigenvalue weighted by atomic mass is 10.2. The highest BCUT2D eigenvalue weighted by Crippen LogP contribution is 2.21. The van der Waals surface area contributed by atoms with Gasteiger partial charge in [-0.1, -0.05) is 31.5 Å². The molecule has 2 rings (SSSR count). The van der Waals surface area contributed by atoms with Crippen molar-refractivity contribution in [3.05, 3.63) is 47.0 Å². The van der Waals surface area contributed by atoms with E-state index in [4.69, 9.17) is 16.9 Å². The van der Waals surface area contributed by atoms with Crippen molar-refractivity contribution in [3.8, 4) is 11.8 Å². The summed E-state index contributed by atoms with van der Waals surface area (Å²) in [6.07, 6.45) is 3.34. The van der Waals surface area contributed by atoms with Crippen molar-refractivity contribution in [2.75, 3.05) is 0 Å². The first kappa shape index (κ1) is 13.6. The zero-order valence-electron chi connectivity index (χ0n) is 10.9. The largest absolute Gasteiger partial charge is 0.310 e. The summed E-state index contributed by atoms with van der Waals surface area (Å²) in [5.74, 6) is 0.351. The second-order valence-electron chi connectivity index (χ2n) is 4.54. The van der Waals surface area contributed by atoms with E-state index < -0.39 is 0 Å². The van der Waals surface area contributed by atoms with Crippen molar-refractivity contribution in [1.29, 1.82) is 5.26 Å². The third kappa shape index (κ3) is 3.14. The summed E-state index contributed by atoms with van der Waals surface area (Å²) in [6.45, 7) is 4.91. The van der Waals surface area contributed by atoms with Gasteiger partial charge in [-0.3, -0.25) is 4.57 Å². The molecule has 1 aromatic carbocycles. The van der Waals surface area contributed by atoms with E-state index in [9.17, 15) is 0 Å². The quantitative estimate of drug-likeness (QED) is 0.933. The molecule has 1 N–H and O–H groups in total. The molecule has 0 atom stereocenters. The van der Waals surface area contributed by atoms with Gasteiger partial charge in [0.2, 0.25) is 5.82 Å². The van der Waals surface area contributed by atoms with E-state index in [-0.39, 0.29) is 0 Å². The molecule has 0 aliphatic rings. The number of hydrogen-bond donors (Lipinski definition) is 1. The molecule has 1 heterocycles. The highest BCUT2D eigenvalue weighted by atomic mass is 35.5. The first-order chi connectivity index (χ1) is 9.11. The maximum atomic E-state index is 8.96. The minimum atomic E-state index is 0.351. The SMILES string of the molecule is CC(C)NCc1ccc(-n2ccnc2C#N)cc1Cl. The highest BCUT2D eigenvalue weighted by Gasteiger charge is 2.07. The van der Waals surface area contributed by atoms with Crippen LogP contribution in [-0.4, -0.2) is 15.6 Å². The minimum absolute atomic E-state index is 0.351. The molecule has 0 fully saturated rings. The zero-order chi connectivity index (χ0) is 13.8. The summed E-state index contributed by atoms with van der Waals surface area (Å²) in [7, 11) is 0. The summed E-state index contributed by atoms with van der Waals surface area (Å²) >= 11 is 6.27. The molecule has 0 saturated heterocycles. The summed E-state index contributed by atoms with van der Waals surface area (Å²) < 4.78 is 1.71. The van der Waals surface area contributed by atoms with E-state index in [1.54, 1.807) is 17.0 Å².